The molecule has 4 unspecified atom stereocenters. The highest BCUT2D eigenvalue weighted by atomic mass is 16.3. The van der Waals surface area contributed by atoms with E-state index in [0.29, 0.717) is 24.2 Å². The minimum absolute atomic E-state index is 0.0127. The molecule has 0 aromatic carbocycles. The van der Waals surface area contributed by atoms with Crippen LogP contribution in [0.3, 0.4) is 0 Å². The lowest BCUT2D eigenvalue weighted by atomic mass is 9.46. The molecule has 0 saturated heterocycles. The van der Waals surface area contributed by atoms with Crippen molar-refractivity contribution < 1.29 is 15.0 Å². The van der Waals surface area contributed by atoms with E-state index in [1.54, 1.807) is 0 Å². The monoisotopic (exact) mass is 318 g/mol. The van der Waals surface area contributed by atoms with E-state index in [1.807, 2.05) is 0 Å². The Hall–Kier alpha value is -0.670. The maximum Gasteiger partial charge on any atom is 0.120 e. The number of carbonyl (C=O) groups is 1. The minimum Gasteiger partial charge on any atom is -0.393 e. The third-order valence-corrected chi connectivity index (χ3v) is 8.20. The van der Waals surface area contributed by atoms with Gasteiger partial charge in [-0.25, -0.2) is 0 Å². The van der Waals surface area contributed by atoms with Crippen LogP contribution in [0.15, 0.2) is 11.6 Å². The van der Waals surface area contributed by atoms with Gasteiger partial charge in [0, 0.05) is 11.8 Å². The number of hydrogen-bond acceptors (Lipinski definition) is 3. The average molecular weight is 318 g/mol. The summed E-state index contributed by atoms with van der Waals surface area (Å²) in [5, 5.41) is 20.6. The molecule has 7 atom stereocenters. The molecule has 2 N–H and O–H groups in total. The molecular formula is C20H30O3. The van der Waals surface area contributed by atoms with E-state index in [1.165, 1.54) is 5.57 Å². The van der Waals surface area contributed by atoms with E-state index < -0.39 is 0 Å². The summed E-state index contributed by atoms with van der Waals surface area (Å²) in [6.07, 6.45) is 11.7. The summed E-state index contributed by atoms with van der Waals surface area (Å²) in [5.41, 5.74) is 1.47. The highest BCUT2D eigenvalue weighted by Gasteiger charge is 2.59. The molecule has 0 aromatic rings. The van der Waals surface area contributed by atoms with Crippen LogP contribution in [0.1, 0.15) is 64.7 Å². The molecule has 0 radical (unpaired) electrons. The molecule has 4 rings (SSSR count). The van der Waals surface area contributed by atoms with Gasteiger partial charge in [-0.3, -0.25) is 0 Å². The first-order valence-electron chi connectivity index (χ1n) is 9.50. The van der Waals surface area contributed by atoms with Crippen LogP contribution >= 0.6 is 0 Å². The molecule has 0 heterocycles. The highest BCUT2D eigenvalue weighted by Crippen LogP contribution is 2.65. The number of fused-ring (bicyclic) bond motifs is 5. The zero-order valence-electron chi connectivity index (χ0n) is 14.2. The van der Waals surface area contributed by atoms with Gasteiger partial charge in [0.15, 0.2) is 0 Å². The first kappa shape index (κ1) is 15.8. The van der Waals surface area contributed by atoms with Gasteiger partial charge in [-0.15, -0.1) is 0 Å². The molecule has 0 aromatic heterocycles. The van der Waals surface area contributed by atoms with Gasteiger partial charge in [-0.2, -0.15) is 0 Å². The average Bonchev–Trinajstić information content (AvgIpc) is 2.84. The van der Waals surface area contributed by atoms with Crippen LogP contribution in [-0.2, 0) is 4.79 Å². The summed E-state index contributed by atoms with van der Waals surface area (Å²) in [7, 11) is 0. The van der Waals surface area contributed by atoms with Gasteiger partial charge in [0.25, 0.3) is 0 Å². The van der Waals surface area contributed by atoms with Crippen molar-refractivity contribution >= 4 is 6.29 Å². The molecule has 3 nitrogen and oxygen atoms in total. The smallest absolute Gasteiger partial charge is 0.120 e. The second-order valence-electron chi connectivity index (χ2n) is 8.90. The van der Waals surface area contributed by atoms with Crippen molar-refractivity contribution in [2.45, 2.75) is 76.9 Å². The van der Waals surface area contributed by atoms with Gasteiger partial charge in [0.05, 0.1) is 12.2 Å². The van der Waals surface area contributed by atoms with Gasteiger partial charge in [-0.05, 0) is 74.5 Å². The molecule has 3 heteroatoms. The number of aldehydes is 1. The Morgan fingerprint density at radius 1 is 1.17 bits per heavy atom. The molecule has 0 spiro atoms. The Labute approximate surface area is 139 Å². The van der Waals surface area contributed by atoms with Crippen LogP contribution in [0.25, 0.3) is 0 Å². The van der Waals surface area contributed by atoms with E-state index in [-0.39, 0.29) is 23.0 Å². The molecule has 3 saturated carbocycles. The van der Waals surface area contributed by atoms with Gasteiger partial charge in [0.1, 0.15) is 6.29 Å². The fourth-order valence-corrected chi connectivity index (χ4v) is 6.94. The Kier molecular flexibility index (Phi) is 3.73. The summed E-state index contributed by atoms with van der Waals surface area (Å²) in [5.74, 6) is 1.79. The number of rotatable bonds is 2. The molecule has 0 amide bonds. The molecule has 4 aliphatic rings. The summed E-state index contributed by atoms with van der Waals surface area (Å²) in [6.45, 7) is 2.29. The van der Waals surface area contributed by atoms with Gasteiger partial charge >= 0.3 is 0 Å². The number of allylic oxidation sites excluding steroid dienone is 1. The predicted molar refractivity (Wildman–Crippen MR) is 88.7 cm³/mol. The first-order chi connectivity index (χ1) is 11.0. The first-order valence-corrected chi connectivity index (χ1v) is 9.50. The molecule has 3 fully saturated rings. The van der Waals surface area contributed by atoms with Gasteiger partial charge in [-0.1, -0.05) is 18.6 Å². The Morgan fingerprint density at radius 2 is 2.00 bits per heavy atom. The largest absolute Gasteiger partial charge is 0.393 e. The predicted octanol–water partition coefficient (Wildman–Crippen LogP) is 3.24. The van der Waals surface area contributed by atoms with Crippen LogP contribution in [0.4, 0.5) is 0 Å². The van der Waals surface area contributed by atoms with E-state index >= 15 is 0 Å². The SMILES string of the molecule is C[C@]12CCC3C(CC=C4C[C@@H](O)CCC43CC=O)C1CC[C@@H]2O. The maximum absolute atomic E-state index is 11.5. The lowest BCUT2D eigenvalue weighted by Gasteiger charge is -2.58. The van der Waals surface area contributed by atoms with E-state index in [0.717, 1.165) is 57.7 Å². The van der Waals surface area contributed by atoms with E-state index in [4.69, 9.17) is 0 Å². The number of aliphatic hydroxyl groups excluding tert-OH is 2. The van der Waals surface area contributed by atoms with Crippen molar-refractivity contribution in [2.75, 3.05) is 0 Å². The standard InChI is InChI=1S/C20H30O3/c1-19-8-7-17-15(16(19)4-5-18(19)23)3-2-13-12-14(22)6-9-20(13,17)10-11-21/h2,11,14-18,22-23H,3-10,12H2,1H3/t14-,15?,16?,17?,18-,19-,20?/m0/s1. The topological polar surface area (TPSA) is 57.5 Å². The van der Waals surface area contributed by atoms with Crippen LogP contribution in [0.5, 0.6) is 0 Å². The van der Waals surface area contributed by atoms with E-state index in [2.05, 4.69) is 13.0 Å². The quantitative estimate of drug-likeness (QED) is 0.607. The Balaban J connectivity index is 1.71. The summed E-state index contributed by atoms with van der Waals surface area (Å²) < 4.78 is 0. The normalized spacial score (nSPS) is 52.1. The second kappa shape index (κ2) is 5.42. The van der Waals surface area contributed by atoms with Crippen molar-refractivity contribution in [2.24, 2.45) is 28.6 Å². The molecule has 128 valence electrons. The Morgan fingerprint density at radius 3 is 2.78 bits per heavy atom. The van der Waals surface area contributed by atoms with Crippen molar-refractivity contribution in [3.63, 3.8) is 0 Å². The lowest BCUT2D eigenvalue weighted by Crippen LogP contribution is -2.52. The summed E-state index contributed by atoms with van der Waals surface area (Å²) in [6, 6.07) is 0. The summed E-state index contributed by atoms with van der Waals surface area (Å²) in [4.78, 5) is 11.5. The van der Waals surface area contributed by atoms with Crippen LogP contribution in [0.2, 0.25) is 0 Å². The molecular weight excluding hydrogens is 288 g/mol. The molecule has 4 aliphatic carbocycles. The fraction of sp³-hybridized carbons (Fsp3) is 0.850. The zero-order chi connectivity index (χ0) is 16.2. The minimum atomic E-state index is -0.222. The van der Waals surface area contributed by atoms with E-state index in [9.17, 15) is 15.0 Å². The zero-order valence-corrected chi connectivity index (χ0v) is 14.2. The van der Waals surface area contributed by atoms with Crippen molar-refractivity contribution in [3.8, 4) is 0 Å². The fourth-order valence-electron chi connectivity index (χ4n) is 6.94. The van der Waals surface area contributed by atoms with Crippen LogP contribution in [-0.4, -0.2) is 28.7 Å². The third-order valence-electron chi connectivity index (χ3n) is 8.20. The maximum atomic E-state index is 11.5. The van der Waals surface area contributed by atoms with Gasteiger partial charge in [0.2, 0.25) is 0 Å². The molecule has 0 bridgehead atoms. The van der Waals surface area contributed by atoms with Gasteiger partial charge < -0.3 is 15.0 Å². The number of aliphatic hydroxyl groups is 2. The second-order valence-corrected chi connectivity index (χ2v) is 8.90. The Bertz CT molecular complexity index is 527. The number of hydrogen-bond donors (Lipinski definition) is 2. The van der Waals surface area contributed by atoms with Crippen molar-refractivity contribution in [1.29, 1.82) is 0 Å². The van der Waals surface area contributed by atoms with Crippen molar-refractivity contribution in [3.05, 3.63) is 11.6 Å². The third kappa shape index (κ3) is 2.12. The molecule has 0 aliphatic heterocycles. The molecule has 23 heavy (non-hydrogen) atoms. The highest BCUT2D eigenvalue weighted by molar-refractivity contribution is 5.53. The van der Waals surface area contributed by atoms with Crippen molar-refractivity contribution in [1.82, 2.24) is 0 Å². The summed E-state index contributed by atoms with van der Waals surface area (Å²) >= 11 is 0. The van der Waals surface area contributed by atoms with Crippen LogP contribution < -0.4 is 0 Å². The lowest BCUT2D eigenvalue weighted by molar-refractivity contribution is -0.115. The number of carbonyl (C=O) groups excluding carboxylic acids is 1. The van der Waals surface area contributed by atoms with Crippen LogP contribution in [0, 0.1) is 28.6 Å².